The molecule has 0 unspecified atom stereocenters. The average Bonchev–Trinajstić information content (AvgIpc) is 3.52. The molecule has 0 spiro atoms. The highest BCUT2D eigenvalue weighted by Gasteiger charge is 2.50. The Morgan fingerprint density at radius 2 is 1.65 bits per heavy atom. The third kappa shape index (κ3) is 10.3. The number of phenols is 2. The van der Waals surface area contributed by atoms with Crippen LogP contribution in [0.5, 0.6) is 23.0 Å². The Kier molecular flexibility index (Phi) is 15.9. The van der Waals surface area contributed by atoms with Crippen molar-refractivity contribution in [1.29, 1.82) is 0 Å². The van der Waals surface area contributed by atoms with E-state index in [2.05, 4.69) is 5.32 Å². The van der Waals surface area contributed by atoms with E-state index in [1.165, 1.54) is 52.4 Å². The lowest BCUT2D eigenvalue weighted by Gasteiger charge is -2.38. The summed E-state index contributed by atoms with van der Waals surface area (Å²) in [6.45, 7) is 16.0. The lowest BCUT2D eigenvalue weighted by molar-refractivity contribution is -0.160. The number of allylic oxidation sites excluding steroid dienone is 2. The number of hydrogen-bond donors (Lipinski definition) is 5. The molecule has 63 heavy (non-hydrogen) atoms. The highest BCUT2D eigenvalue weighted by molar-refractivity contribution is 6.21. The number of phenolic OH excluding ortho intramolecular Hbond substituents is 2. The normalized spacial score (nSPS) is 30.4. The largest absolute Gasteiger partial charge is 0.507 e. The van der Waals surface area contributed by atoms with Crippen molar-refractivity contribution in [1.82, 2.24) is 10.0 Å². The molecule has 0 radical (unpaired) electrons. The minimum atomic E-state index is -2.03. The first-order valence-corrected chi connectivity index (χ1v) is 21.8. The Hall–Kier alpha value is -5.16. The molecule has 1 saturated heterocycles. The molecule has 2 aromatic rings. The lowest BCUT2D eigenvalue weighted by atomic mass is 9.78. The molecule has 6 rings (SSSR count). The SMILES string of the molecule is CCCN(C(=O)COc1cc2c(O)c3c(O)c(C)c4c(c13)C(=O)[C@@](C)(O/C=C/[C@H](OC)[C@@H](C)[C@@H](OC(C)=O)[C@H](C)[C@H](O)[C@H](C)[C@@H](O)[C@@H](C)/C=C/C=C(/C)C(=O)N2)O4)N1CCCCC1. The molecular formula is C47H65N3O13. The number of fused-ring (bicyclic) bond motifs is 14. The number of Topliss-reactive ketones (excluding diaryl/α,β-unsaturated/α-hetero) is 1. The number of rotatable bonds is 8. The Balaban J connectivity index is 1.66. The molecule has 4 aliphatic heterocycles. The van der Waals surface area contributed by atoms with Gasteiger partial charge in [-0.15, -0.1) is 0 Å². The minimum Gasteiger partial charge on any atom is -0.507 e. The molecule has 5 N–H and O–H groups in total. The Morgan fingerprint density at radius 1 is 0.968 bits per heavy atom. The molecular weight excluding hydrogens is 815 g/mol. The zero-order valence-electron chi connectivity index (χ0n) is 38.1. The number of anilines is 1. The number of aliphatic hydroxyl groups is 2. The maximum atomic E-state index is 14.6. The second-order valence-corrected chi connectivity index (χ2v) is 17.2. The van der Waals surface area contributed by atoms with Crippen LogP contribution in [0.3, 0.4) is 0 Å². The van der Waals surface area contributed by atoms with E-state index in [1.807, 2.05) is 11.9 Å². The van der Waals surface area contributed by atoms with Crippen molar-refractivity contribution in [2.24, 2.45) is 23.7 Å². The summed E-state index contributed by atoms with van der Waals surface area (Å²) in [5.74, 6) is -7.96. The zero-order chi connectivity index (χ0) is 46.5. The van der Waals surface area contributed by atoms with Gasteiger partial charge in [0, 0.05) is 86.9 Å². The van der Waals surface area contributed by atoms with E-state index in [0.29, 0.717) is 26.1 Å². The smallest absolute Gasteiger partial charge is 0.312 e. The van der Waals surface area contributed by atoms with E-state index < -0.39 is 89.6 Å². The van der Waals surface area contributed by atoms with E-state index in [0.717, 1.165) is 19.3 Å². The van der Waals surface area contributed by atoms with Gasteiger partial charge in [0.1, 0.15) is 23.4 Å². The number of esters is 1. The van der Waals surface area contributed by atoms with Crippen LogP contribution in [-0.2, 0) is 28.6 Å². The third-order valence-electron chi connectivity index (χ3n) is 12.6. The number of ketones is 1. The van der Waals surface area contributed by atoms with E-state index >= 15 is 0 Å². The number of amides is 2. The summed E-state index contributed by atoms with van der Waals surface area (Å²) in [6, 6.07) is 1.30. The number of hydrazine groups is 1. The van der Waals surface area contributed by atoms with Gasteiger partial charge >= 0.3 is 11.8 Å². The number of carbonyl (C=O) groups excluding carboxylic acids is 4. The summed E-state index contributed by atoms with van der Waals surface area (Å²) in [7, 11) is 1.44. The Morgan fingerprint density at radius 3 is 2.29 bits per heavy atom. The molecule has 2 aromatic carbocycles. The standard InChI is InChI=1S/C47H65N3O13/c1-11-19-50(49-20-13-12-14-21-49)35(52)24-60-34-23-32-42(56)37-36(34)38-44(30(7)41(37)55)63-47(9,45(38)57)61-22-18-33(59-10)27(4)43(62-31(8)51)29(6)40(54)28(5)39(53)25(2)16-15-17-26(3)46(58)48-32/h15-18,22-23,25,27-29,33,39-40,43,53-56H,11-14,19-21,24H2,1-10H3,(H,48,58)/b16-15+,22-18+,26-17-/t25-,27+,28+,29+,33-,39-,40+,43+,47-/m0/s1. The van der Waals surface area contributed by atoms with Crippen molar-refractivity contribution in [3.8, 4) is 23.0 Å². The molecule has 16 nitrogen and oxygen atoms in total. The fraction of sp³-hybridized carbons (Fsp3) is 0.574. The van der Waals surface area contributed by atoms with E-state index in [1.54, 1.807) is 51.8 Å². The summed E-state index contributed by atoms with van der Waals surface area (Å²) in [6.07, 6.45) is 7.28. The predicted molar refractivity (Wildman–Crippen MR) is 235 cm³/mol. The van der Waals surface area contributed by atoms with Gasteiger partial charge in [0.05, 0.1) is 41.2 Å². The number of piperidine rings is 1. The molecule has 0 saturated carbocycles. The summed E-state index contributed by atoms with van der Waals surface area (Å²) in [4.78, 5) is 54.6. The van der Waals surface area contributed by atoms with Crippen molar-refractivity contribution in [3.05, 3.63) is 53.3 Å². The topological polar surface area (TPSA) is 214 Å². The molecule has 16 heteroatoms. The van der Waals surface area contributed by atoms with Gasteiger partial charge in [-0.2, -0.15) is 0 Å². The van der Waals surface area contributed by atoms with Gasteiger partial charge in [-0.25, -0.2) is 5.01 Å². The van der Waals surface area contributed by atoms with Crippen LogP contribution in [-0.4, -0.2) is 118 Å². The second-order valence-electron chi connectivity index (χ2n) is 17.2. The predicted octanol–water partition coefficient (Wildman–Crippen LogP) is 6.07. The molecule has 0 aliphatic carbocycles. The van der Waals surface area contributed by atoms with Crippen molar-refractivity contribution in [3.63, 3.8) is 0 Å². The van der Waals surface area contributed by atoms with Crippen LogP contribution < -0.4 is 14.8 Å². The fourth-order valence-corrected chi connectivity index (χ4v) is 8.72. The highest BCUT2D eigenvalue weighted by atomic mass is 16.7. The number of ether oxygens (including phenoxy) is 5. The quantitative estimate of drug-likeness (QED) is 0.151. The first kappa shape index (κ1) is 48.9. The maximum absolute atomic E-state index is 14.6. The first-order valence-electron chi connectivity index (χ1n) is 21.8. The number of hydrogen-bond acceptors (Lipinski definition) is 14. The van der Waals surface area contributed by atoms with E-state index in [9.17, 15) is 39.6 Å². The van der Waals surface area contributed by atoms with Gasteiger partial charge in [-0.05, 0) is 39.2 Å². The molecule has 9 atom stereocenters. The van der Waals surface area contributed by atoms with Crippen LogP contribution in [0.25, 0.3) is 10.8 Å². The number of carbonyl (C=O) groups is 4. The lowest BCUT2D eigenvalue weighted by Crippen LogP contribution is -2.50. The van der Waals surface area contributed by atoms with Crippen LogP contribution in [0.1, 0.15) is 97.0 Å². The fourth-order valence-electron chi connectivity index (χ4n) is 8.72. The number of nitrogens with zero attached hydrogens (tertiary/aromatic N) is 2. The van der Waals surface area contributed by atoms with Crippen LogP contribution in [0.15, 0.2) is 42.2 Å². The molecule has 4 heterocycles. The van der Waals surface area contributed by atoms with Gasteiger partial charge < -0.3 is 49.4 Å². The summed E-state index contributed by atoms with van der Waals surface area (Å²) in [5.41, 5.74) is 0.0178. The van der Waals surface area contributed by atoms with Gasteiger partial charge in [-0.3, -0.25) is 24.2 Å². The number of benzene rings is 2. The zero-order valence-corrected chi connectivity index (χ0v) is 38.1. The summed E-state index contributed by atoms with van der Waals surface area (Å²) < 4.78 is 30.1. The summed E-state index contributed by atoms with van der Waals surface area (Å²) in [5, 5.41) is 52.5. The molecule has 2 amide bonds. The highest BCUT2D eigenvalue weighted by Crippen LogP contribution is 2.54. The van der Waals surface area contributed by atoms with Gasteiger partial charge in [0.15, 0.2) is 12.4 Å². The number of methoxy groups -OCH3 is 1. The van der Waals surface area contributed by atoms with Crippen LogP contribution in [0, 0.1) is 30.6 Å². The van der Waals surface area contributed by atoms with Crippen LogP contribution in [0.2, 0.25) is 0 Å². The maximum Gasteiger partial charge on any atom is 0.312 e. The second kappa shape index (κ2) is 20.6. The van der Waals surface area contributed by atoms with Gasteiger partial charge in [0.25, 0.3) is 17.6 Å². The van der Waals surface area contributed by atoms with Crippen molar-refractivity contribution >= 4 is 40.0 Å². The Bertz CT molecular complexity index is 2130. The van der Waals surface area contributed by atoms with Crippen molar-refractivity contribution < 1.29 is 63.3 Å². The van der Waals surface area contributed by atoms with Crippen molar-refractivity contribution in [2.75, 3.05) is 38.7 Å². The molecule has 346 valence electrons. The summed E-state index contributed by atoms with van der Waals surface area (Å²) >= 11 is 0. The third-order valence-corrected chi connectivity index (χ3v) is 12.6. The van der Waals surface area contributed by atoms with Crippen LogP contribution >= 0.6 is 0 Å². The molecule has 5 bridgehead atoms. The molecule has 0 aromatic heterocycles. The van der Waals surface area contributed by atoms with Crippen molar-refractivity contribution in [2.45, 2.75) is 118 Å². The molecule has 1 fully saturated rings. The van der Waals surface area contributed by atoms with Crippen LogP contribution in [0.4, 0.5) is 5.69 Å². The number of aromatic hydroxyl groups is 2. The molecule has 4 aliphatic rings. The first-order chi connectivity index (χ1) is 29.8. The van der Waals surface area contributed by atoms with Gasteiger partial charge in [-0.1, -0.05) is 59.3 Å². The van der Waals surface area contributed by atoms with E-state index in [4.69, 9.17) is 23.7 Å². The monoisotopic (exact) mass is 879 g/mol. The average molecular weight is 880 g/mol. The Labute approximate surface area is 369 Å². The number of nitrogens with one attached hydrogen (secondary N) is 1. The van der Waals surface area contributed by atoms with E-state index in [-0.39, 0.29) is 50.6 Å². The minimum absolute atomic E-state index is 0.0507. The van der Waals surface area contributed by atoms with Gasteiger partial charge in [0.2, 0.25) is 0 Å². The number of aliphatic hydroxyl groups excluding tert-OH is 2.